The zero-order valence-corrected chi connectivity index (χ0v) is 15.7. The van der Waals surface area contributed by atoms with Crippen LogP contribution in [0, 0.1) is 5.82 Å². The second kappa shape index (κ2) is 7.45. The van der Waals surface area contributed by atoms with E-state index in [1.165, 1.54) is 12.1 Å². The Bertz CT molecular complexity index is 1200. The van der Waals surface area contributed by atoms with Crippen molar-refractivity contribution < 1.29 is 46.2 Å². The molecular formula is C19H12F4N2O6. The van der Waals surface area contributed by atoms with Gasteiger partial charge in [0.1, 0.15) is 22.5 Å². The fraction of sp³-hybridized carbons (Fsp3) is 0.211. The molecule has 0 radical (unpaired) electrons. The van der Waals surface area contributed by atoms with Crippen LogP contribution in [0.2, 0.25) is 0 Å². The third-order valence-corrected chi connectivity index (χ3v) is 4.21. The SMILES string of the molecule is CCOc1cc(OC(F)(F)F)ccc1Cc1nc2c3c(F)ccc2n1OC(=O)C(=O)O3. The van der Waals surface area contributed by atoms with E-state index < -0.39 is 35.6 Å². The number of aromatic nitrogens is 2. The first kappa shape index (κ1) is 20.4. The van der Waals surface area contributed by atoms with Gasteiger partial charge in [0.15, 0.2) is 17.4 Å². The van der Waals surface area contributed by atoms with Crippen molar-refractivity contribution in [2.75, 3.05) is 6.61 Å². The van der Waals surface area contributed by atoms with Gasteiger partial charge in [-0.05, 0) is 25.1 Å². The number of hydrogen-bond acceptors (Lipinski definition) is 7. The first-order valence-electron chi connectivity index (χ1n) is 8.82. The van der Waals surface area contributed by atoms with Gasteiger partial charge in [-0.25, -0.2) is 19.0 Å². The lowest BCUT2D eigenvalue weighted by Gasteiger charge is -2.15. The molecule has 0 N–H and O–H groups in total. The van der Waals surface area contributed by atoms with Crippen molar-refractivity contribution in [2.45, 2.75) is 19.7 Å². The topological polar surface area (TPSA) is 88.9 Å². The van der Waals surface area contributed by atoms with E-state index in [1.54, 1.807) is 6.92 Å². The standard InChI is InChI=1S/C19H12F4N2O6/c1-2-28-13-8-10(30-19(21,22)23)4-3-9(13)7-14-24-15-12-6-5-11(20)16(15)29-17(26)18(27)31-25(12)14/h3-6,8H,2,7H2,1H3. The van der Waals surface area contributed by atoms with Crippen molar-refractivity contribution in [1.29, 1.82) is 0 Å². The molecule has 0 fully saturated rings. The summed E-state index contributed by atoms with van der Waals surface area (Å²) >= 11 is 0. The Morgan fingerprint density at radius 1 is 1.13 bits per heavy atom. The van der Waals surface area contributed by atoms with Gasteiger partial charge in [0, 0.05) is 18.1 Å². The van der Waals surface area contributed by atoms with E-state index >= 15 is 0 Å². The number of alkyl halides is 3. The van der Waals surface area contributed by atoms with E-state index in [2.05, 4.69) is 9.72 Å². The van der Waals surface area contributed by atoms with Gasteiger partial charge in [0.2, 0.25) is 0 Å². The third-order valence-electron chi connectivity index (χ3n) is 4.21. The monoisotopic (exact) mass is 440 g/mol. The van der Waals surface area contributed by atoms with Gasteiger partial charge in [-0.1, -0.05) is 6.07 Å². The average Bonchev–Trinajstić information content (AvgIpc) is 3.03. The Morgan fingerprint density at radius 2 is 1.90 bits per heavy atom. The van der Waals surface area contributed by atoms with Crippen molar-refractivity contribution in [3.63, 3.8) is 0 Å². The van der Waals surface area contributed by atoms with Crippen molar-refractivity contribution >= 4 is 23.0 Å². The van der Waals surface area contributed by atoms with Crippen LogP contribution in [-0.4, -0.2) is 34.6 Å². The lowest BCUT2D eigenvalue weighted by atomic mass is 10.1. The van der Waals surface area contributed by atoms with Crippen LogP contribution >= 0.6 is 0 Å². The second-order valence-electron chi connectivity index (χ2n) is 6.26. The normalized spacial score (nSPS) is 13.6. The van der Waals surface area contributed by atoms with E-state index in [4.69, 9.17) is 14.3 Å². The van der Waals surface area contributed by atoms with E-state index in [-0.39, 0.29) is 35.6 Å². The number of rotatable bonds is 5. The summed E-state index contributed by atoms with van der Waals surface area (Å²) in [5.74, 6) is -4.62. The van der Waals surface area contributed by atoms with Gasteiger partial charge in [-0.2, -0.15) is 4.73 Å². The highest BCUT2D eigenvalue weighted by atomic mass is 19.4. The van der Waals surface area contributed by atoms with Crippen LogP contribution in [0.5, 0.6) is 17.2 Å². The van der Waals surface area contributed by atoms with Gasteiger partial charge in [-0.3, -0.25) is 0 Å². The number of hydrogen-bond donors (Lipinski definition) is 0. The molecule has 0 unspecified atom stereocenters. The molecule has 0 saturated heterocycles. The zero-order chi connectivity index (χ0) is 22.3. The Morgan fingerprint density at radius 3 is 2.61 bits per heavy atom. The molecule has 0 spiro atoms. The van der Waals surface area contributed by atoms with Gasteiger partial charge in [-0.15, -0.1) is 13.2 Å². The molecule has 4 rings (SSSR count). The number of ether oxygens (including phenoxy) is 3. The van der Waals surface area contributed by atoms with Crippen LogP contribution < -0.4 is 19.0 Å². The lowest BCUT2D eigenvalue weighted by molar-refractivity contribution is -0.274. The molecule has 0 amide bonds. The van der Waals surface area contributed by atoms with Crippen LogP contribution in [-0.2, 0) is 16.0 Å². The Hall–Kier alpha value is -3.83. The molecule has 0 aliphatic carbocycles. The smallest absolute Gasteiger partial charge is 0.493 e. The van der Waals surface area contributed by atoms with Crippen LogP contribution in [0.4, 0.5) is 17.6 Å². The maximum Gasteiger partial charge on any atom is 0.573 e. The Balaban J connectivity index is 1.78. The second-order valence-corrected chi connectivity index (χ2v) is 6.26. The molecule has 1 aromatic heterocycles. The van der Waals surface area contributed by atoms with E-state index in [0.717, 1.165) is 22.9 Å². The number of nitrogens with zero attached hydrogens (tertiary/aromatic N) is 2. The first-order valence-corrected chi connectivity index (χ1v) is 8.82. The fourth-order valence-electron chi connectivity index (χ4n) is 3.02. The summed E-state index contributed by atoms with van der Waals surface area (Å²) in [5.41, 5.74) is 0.463. The quantitative estimate of drug-likeness (QED) is 0.261. The highest BCUT2D eigenvalue weighted by Crippen LogP contribution is 2.33. The Kier molecular flexibility index (Phi) is 4.91. The zero-order valence-electron chi connectivity index (χ0n) is 15.7. The van der Waals surface area contributed by atoms with Crippen molar-refractivity contribution in [3.8, 4) is 17.2 Å². The minimum absolute atomic E-state index is 0.0546. The highest BCUT2D eigenvalue weighted by molar-refractivity contribution is 6.31. The number of carbonyl (C=O) groups is 2. The van der Waals surface area contributed by atoms with Gasteiger partial charge in [0.25, 0.3) is 0 Å². The predicted octanol–water partition coefficient (Wildman–Crippen LogP) is 2.94. The molecular weight excluding hydrogens is 428 g/mol. The molecule has 8 nitrogen and oxygen atoms in total. The average molecular weight is 440 g/mol. The van der Waals surface area contributed by atoms with Crippen LogP contribution in [0.1, 0.15) is 18.3 Å². The number of halogens is 4. The molecule has 0 saturated carbocycles. The summed E-state index contributed by atoms with van der Waals surface area (Å²) in [6, 6.07) is 5.75. The molecule has 0 atom stereocenters. The maximum atomic E-state index is 14.1. The molecule has 1 aliphatic rings. The number of imidazole rings is 1. The first-order chi connectivity index (χ1) is 14.7. The van der Waals surface area contributed by atoms with Crippen molar-refractivity contribution in [2.24, 2.45) is 0 Å². The van der Waals surface area contributed by atoms with Crippen LogP contribution in [0.25, 0.3) is 11.0 Å². The molecule has 4 bridgehead atoms. The maximum absolute atomic E-state index is 14.1. The van der Waals surface area contributed by atoms with Crippen LogP contribution in [0.3, 0.4) is 0 Å². The molecule has 2 aromatic carbocycles. The number of esters is 1. The Labute approximate surface area is 170 Å². The fourth-order valence-corrected chi connectivity index (χ4v) is 3.02. The van der Waals surface area contributed by atoms with Crippen LogP contribution in [0.15, 0.2) is 30.3 Å². The van der Waals surface area contributed by atoms with Crippen molar-refractivity contribution in [1.82, 2.24) is 9.71 Å². The predicted molar refractivity (Wildman–Crippen MR) is 94.0 cm³/mol. The summed E-state index contributed by atoms with van der Waals surface area (Å²) in [6.07, 6.45) is -4.98. The number of carbonyl (C=O) groups excluding carboxylic acids is 2. The van der Waals surface area contributed by atoms with Gasteiger partial charge < -0.3 is 19.0 Å². The van der Waals surface area contributed by atoms with E-state index in [9.17, 15) is 27.2 Å². The molecule has 12 heteroatoms. The summed E-state index contributed by atoms with van der Waals surface area (Å²) in [4.78, 5) is 32.9. The van der Waals surface area contributed by atoms with E-state index in [1.807, 2.05) is 0 Å². The summed E-state index contributed by atoms with van der Waals surface area (Å²) in [6.45, 7) is 1.78. The molecule has 162 valence electrons. The molecule has 2 heterocycles. The minimum Gasteiger partial charge on any atom is -0.493 e. The van der Waals surface area contributed by atoms with Crippen molar-refractivity contribution in [3.05, 3.63) is 47.5 Å². The highest BCUT2D eigenvalue weighted by Gasteiger charge is 2.32. The summed E-state index contributed by atoms with van der Waals surface area (Å²) in [7, 11) is 0. The minimum atomic E-state index is -4.88. The van der Waals surface area contributed by atoms with E-state index in [0.29, 0.717) is 5.56 Å². The van der Waals surface area contributed by atoms with Gasteiger partial charge >= 0.3 is 18.3 Å². The molecule has 3 aromatic rings. The summed E-state index contributed by atoms with van der Waals surface area (Å²) < 4.78 is 66.7. The molecule has 1 aliphatic heterocycles. The molecule has 31 heavy (non-hydrogen) atoms. The largest absolute Gasteiger partial charge is 0.573 e. The lowest BCUT2D eigenvalue weighted by Crippen LogP contribution is -2.32. The summed E-state index contributed by atoms with van der Waals surface area (Å²) in [5, 5.41) is 0. The van der Waals surface area contributed by atoms with Gasteiger partial charge in [0.05, 0.1) is 6.61 Å². The third kappa shape index (κ3) is 3.96. The number of benzene rings is 2.